The Balaban J connectivity index is 1.78. The highest BCUT2D eigenvalue weighted by Crippen LogP contribution is 2.12. The first kappa shape index (κ1) is 17.5. The van der Waals surface area contributed by atoms with E-state index in [1.54, 1.807) is 19.0 Å². The summed E-state index contributed by atoms with van der Waals surface area (Å²) in [6, 6.07) is 17.2. The Labute approximate surface area is 142 Å². The molecule has 0 saturated heterocycles. The number of para-hydroxylation sites is 1. The van der Waals surface area contributed by atoms with Crippen LogP contribution in [0.25, 0.3) is 0 Å². The standard InChI is InChI=1S/C19H23N3O2/c1-22(2)19(24)13-10-15-8-11-17(12-9-15)21-18(23)14-20-16-6-4-3-5-7-16/h3-9,11-12,20H,10,13-14H2,1-2H3,(H,21,23). The number of nitrogens with one attached hydrogen (secondary N) is 2. The number of anilines is 2. The Morgan fingerprint density at radius 3 is 2.21 bits per heavy atom. The molecule has 2 amide bonds. The zero-order valence-electron chi connectivity index (χ0n) is 14.1. The highest BCUT2D eigenvalue weighted by molar-refractivity contribution is 5.93. The first-order valence-corrected chi connectivity index (χ1v) is 7.92. The molecule has 5 heteroatoms. The van der Waals surface area contributed by atoms with Gasteiger partial charge in [-0.3, -0.25) is 9.59 Å². The van der Waals surface area contributed by atoms with Gasteiger partial charge in [0.15, 0.2) is 0 Å². The van der Waals surface area contributed by atoms with Crippen LogP contribution in [-0.4, -0.2) is 37.4 Å². The van der Waals surface area contributed by atoms with Crippen molar-refractivity contribution >= 4 is 23.2 Å². The maximum atomic E-state index is 11.9. The minimum atomic E-state index is -0.102. The van der Waals surface area contributed by atoms with Gasteiger partial charge in [0.25, 0.3) is 0 Å². The molecule has 0 aliphatic carbocycles. The number of amides is 2. The largest absolute Gasteiger partial charge is 0.376 e. The summed E-state index contributed by atoms with van der Waals surface area (Å²) in [6.45, 7) is 0.211. The van der Waals surface area contributed by atoms with Crippen LogP contribution in [0.4, 0.5) is 11.4 Å². The minimum absolute atomic E-state index is 0.102. The molecule has 0 aromatic heterocycles. The molecule has 2 N–H and O–H groups in total. The maximum absolute atomic E-state index is 11.9. The van der Waals surface area contributed by atoms with E-state index in [-0.39, 0.29) is 18.4 Å². The lowest BCUT2D eigenvalue weighted by Crippen LogP contribution is -2.22. The van der Waals surface area contributed by atoms with Crippen molar-refractivity contribution in [2.75, 3.05) is 31.3 Å². The van der Waals surface area contributed by atoms with Gasteiger partial charge >= 0.3 is 0 Å². The Morgan fingerprint density at radius 2 is 1.58 bits per heavy atom. The SMILES string of the molecule is CN(C)C(=O)CCc1ccc(NC(=O)CNc2ccccc2)cc1. The molecular formula is C19H23N3O2. The molecule has 0 aliphatic heterocycles. The van der Waals surface area contributed by atoms with Crippen molar-refractivity contribution in [2.24, 2.45) is 0 Å². The van der Waals surface area contributed by atoms with Gasteiger partial charge in [-0.15, -0.1) is 0 Å². The molecule has 0 radical (unpaired) electrons. The number of hydrogen-bond acceptors (Lipinski definition) is 3. The molecule has 2 rings (SSSR count). The monoisotopic (exact) mass is 325 g/mol. The molecule has 0 fully saturated rings. The lowest BCUT2D eigenvalue weighted by molar-refractivity contribution is -0.128. The zero-order chi connectivity index (χ0) is 17.4. The third kappa shape index (κ3) is 5.76. The van der Waals surface area contributed by atoms with Gasteiger partial charge in [-0.25, -0.2) is 0 Å². The van der Waals surface area contributed by atoms with Gasteiger partial charge in [0.1, 0.15) is 0 Å². The van der Waals surface area contributed by atoms with E-state index in [1.165, 1.54) is 0 Å². The molecule has 0 aliphatic rings. The third-order valence-corrected chi connectivity index (χ3v) is 3.59. The molecule has 0 atom stereocenters. The first-order valence-electron chi connectivity index (χ1n) is 7.92. The van der Waals surface area contributed by atoms with Gasteiger partial charge in [0.2, 0.25) is 11.8 Å². The average molecular weight is 325 g/mol. The molecule has 0 unspecified atom stereocenters. The van der Waals surface area contributed by atoms with Crippen LogP contribution in [0.2, 0.25) is 0 Å². The molecule has 2 aromatic carbocycles. The van der Waals surface area contributed by atoms with Gasteiger partial charge in [-0.1, -0.05) is 30.3 Å². The van der Waals surface area contributed by atoms with E-state index in [0.717, 1.165) is 16.9 Å². The number of carbonyl (C=O) groups is 2. The Hall–Kier alpha value is -2.82. The number of carbonyl (C=O) groups excluding carboxylic acids is 2. The summed E-state index contributed by atoms with van der Waals surface area (Å²) < 4.78 is 0. The van der Waals surface area contributed by atoms with Crippen LogP contribution < -0.4 is 10.6 Å². The van der Waals surface area contributed by atoms with Crippen molar-refractivity contribution in [1.82, 2.24) is 4.90 Å². The van der Waals surface area contributed by atoms with E-state index in [9.17, 15) is 9.59 Å². The zero-order valence-corrected chi connectivity index (χ0v) is 14.1. The van der Waals surface area contributed by atoms with Gasteiger partial charge in [0, 0.05) is 31.9 Å². The fraction of sp³-hybridized carbons (Fsp3) is 0.263. The van der Waals surface area contributed by atoms with E-state index < -0.39 is 0 Å². The van der Waals surface area contributed by atoms with E-state index in [2.05, 4.69) is 10.6 Å². The first-order chi connectivity index (χ1) is 11.5. The van der Waals surface area contributed by atoms with Crippen molar-refractivity contribution in [3.63, 3.8) is 0 Å². The second-order valence-electron chi connectivity index (χ2n) is 5.75. The van der Waals surface area contributed by atoms with E-state index >= 15 is 0 Å². The predicted octanol–water partition coefficient (Wildman–Crippen LogP) is 2.76. The van der Waals surface area contributed by atoms with Crippen molar-refractivity contribution in [3.05, 3.63) is 60.2 Å². The second-order valence-corrected chi connectivity index (χ2v) is 5.75. The quantitative estimate of drug-likeness (QED) is 0.823. The molecule has 24 heavy (non-hydrogen) atoms. The lowest BCUT2D eigenvalue weighted by atomic mass is 10.1. The highest BCUT2D eigenvalue weighted by Gasteiger charge is 2.05. The summed E-state index contributed by atoms with van der Waals surface area (Å²) in [4.78, 5) is 25.1. The smallest absolute Gasteiger partial charge is 0.243 e. The summed E-state index contributed by atoms with van der Waals surface area (Å²) in [5.74, 6) is 0.00811. The fourth-order valence-electron chi connectivity index (χ4n) is 2.17. The van der Waals surface area contributed by atoms with Crippen LogP contribution in [0.15, 0.2) is 54.6 Å². The van der Waals surface area contributed by atoms with Crippen molar-refractivity contribution in [2.45, 2.75) is 12.8 Å². The minimum Gasteiger partial charge on any atom is -0.376 e. The number of nitrogens with zero attached hydrogens (tertiary/aromatic N) is 1. The van der Waals surface area contributed by atoms with Crippen LogP contribution in [-0.2, 0) is 16.0 Å². The van der Waals surface area contributed by atoms with Crippen LogP contribution >= 0.6 is 0 Å². The van der Waals surface area contributed by atoms with Crippen molar-refractivity contribution in [3.8, 4) is 0 Å². The van der Waals surface area contributed by atoms with Crippen LogP contribution in [0.1, 0.15) is 12.0 Å². The summed E-state index contributed by atoms with van der Waals surface area (Å²) in [6.07, 6.45) is 1.18. The number of hydrogen-bond donors (Lipinski definition) is 2. The van der Waals surface area contributed by atoms with Crippen molar-refractivity contribution < 1.29 is 9.59 Å². The number of aryl methyl sites for hydroxylation is 1. The Bertz CT molecular complexity index is 667. The van der Waals surface area contributed by atoms with E-state index in [1.807, 2.05) is 54.6 Å². The van der Waals surface area contributed by atoms with Gasteiger partial charge in [0.05, 0.1) is 6.54 Å². The Kier molecular flexibility index (Phi) is 6.37. The normalized spacial score (nSPS) is 10.1. The van der Waals surface area contributed by atoms with Gasteiger partial charge in [-0.2, -0.15) is 0 Å². The predicted molar refractivity (Wildman–Crippen MR) is 97.0 cm³/mol. The summed E-state index contributed by atoms with van der Waals surface area (Å²) in [7, 11) is 3.51. The molecule has 0 bridgehead atoms. The third-order valence-electron chi connectivity index (χ3n) is 3.59. The van der Waals surface area contributed by atoms with Crippen LogP contribution in [0, 0.1) is 0 Å². The number of benzene rings is 2. The topological polar surface area (TPSA) is 61.4 Å². The molecule has 126 valence electrons. The van der Waals surface area contributed by atoms with E-state index in [0.29, 0.717) is 12.8 Å². The summed E-state index contributed by atoms with van der Waals surface area (Å²) in [5, 5.41) is 5.91. The maximum Gasteiger partial charge on any atom is 0.243 e. The lowest BCUT2D eigenvalue weighted by Gasteiger charge is -2.10. The highest BCUT2D eigenvalue weighted by atomic mass is 16.2. The Morgan fingerprint density at radius 1 is 0.917 bits per heavy atom. The molecule has 2 aromatic rings. The fourth-order valence-corrected chi connectivity index (χ4v) is 2.17. The molecule has 5 nitrogen and oxygen atoms in total. The molecule has 0 heterocycles. The number of rotatable bonds is 7. The molecule has 0 saturated carbocycles. The summed E-state index contributed by atoms with van der Waals surface area (Å²) >= 11 is 0. The van der Waals surface area contributed by atoms with E-state index in [4.69, 9.17) is 0 Å². The van der Waals surface area contributed by atoms with Crippen LogP contribution in [0.3, 0.4) is 0 Å². The molecular weight excluding hydrogens is 302 g/mol. The van der Waals surface area contributed by atoms with Gasteiger partial charge < -0.3 is 15.5 Å². The van der Waals surface area contributed by atoms with Gasteiger partial charge in [-0.05, 0) is 36.2 Å². The second kappa shape index (κ2) is 8.72. The summed E-state index contributed by atoms with van der Waals surface area (Å²) in [5.41, 5.74) is 2.73. The van der Waals surface area contributed by atoms with Crippen molar-refractivity contribution in [1.29, 1.82) is 0 Å². The molecule has 0 spiro atoms. The van der Waals surface area contributed by atoms with Crippen LogP contribution in [0.5, 0.6) is 0 Å². The average Bonchev–Trinajstić information content (AvgIpc) is 2.60.